The van der Waals surface area contributed by atoms with E-state index in [1.54, 1.807) is 35.7 Å². The van der Waals surface area contributed by atoms with Gasteiger partial charge in [-0.15, -0.1) is 11.3 Å². The molecule has 6 heteroatoms. The average Bonchev–Trinajstić information content (AvgIpc) is 3.35. The highest BCUT2D eigenvalue weighted by molar-refractivity contribution is 7.13. The van der Waals surface area contributed by atoms with E-state index in [9.17, 15) is 9.59 Å². The normalized spacial score (nSPS) is 15.1. The first-order valence-corrected chi connectivity index (χ1v) is 10.8. The van der Waals surface area contributed by atoms with Gasteiger partial charge in [0.15, 0.2) is 0 Å². The van der Waals surface area contributed by atoms with Crippen molar-refractivity contribution in [3.63, 3.8) is 0 Å². The van der Waals surface area contributed by atoms with Crippen LogP contribution in [0, 0.1) is 0 Å². The summed E-state index contributed by atoms with van der Waals surface area (Å²) in [4.78, 5) is 29.5. The van der Waals surface area contributed by atoms with E-state index in [1.807, 2.05) is 60.0 Å². The lowest BCUT2D eigenvalue weighted by Crippen LogP contribution is -2.23. The van der Waals surface area contributed by atoms with E-state index < -0.39 is 0 Å². The predicted molar refractivity (Wildman–Crippen MR) is 120 cm³/mol. The molecule has 3 aromatic carbocycles. The number of carbonyl (C=O) groups is 2. The molecule has 0 aliphatic carbocycles. The fraction of sp³-hybridized carbons (Fsp3) is 0.0800. The van der Waals surface area contributed by atoms with Gasteiger partial charge in [-0.2, -0.15) is 0 Å². The van der Waals surface area contributed by atoms with Crippen LogP contribution < -0.4 is 5.32 Å². The van der Waals surface area contributed by atoms with Gasteiger partial charge in [-0.1, -0.05) is 30.3 Å². The first kappa shape index (κ1) is 19.2. The Hall–Kier alpha value is -3.77. The van der Waals surface area contributed by atoms with E-state index in [1.165, 1.54) is 0 Å². The molecule has 0 radical (unpaired) electrons. The van der Waals surface area contributed by atoms with E-state index in [4.69, 9.17) is 4.74 Å². The quantitative estimate of drug-likeness (QED) is 0.437. The zero-order valence-corrected chi connectivity index (χ0v) is 17.3. The molecule has 5 rings (SSSR count). The van der Waals surface area contributed by atoms with Crippen LogP contribution in [0.25, 0.3) is 10.6 Å². The van der Waals surface area contributed by atoms with Crippen molar-refractivity contribution in [1.82, 2.24) is 4.98 Å². The van der Waals surface area contributed by atoms with Gasteiger partial charge in [0.2, 0.25) is 0 Å². The molecule has 0 saturated heterocycles. The summed E-state index contributed by atoms with van der Waals surface area (Å²) in [7, 11) is 0. The van der Waals surface area contributed by atoms with Gasteiger partial charge in [-0.3, -0.25) is 4.79 Å². The van der Waals surface area contributed by atoms with Crippen LogP contribution in [-0.4, -0.2) is 16.9 Å². The number of hydrogen-bond acceptors (Lipinski definition) is 5. The van der Waals surface area contributed by atoms with Crippen molar-refractivity contribution >= 4 is 28.9 Å². The Morgan fingerprint density at radius 2 is 1.84 bits per heavy atom. The fourth-order valence-corrected chi connectivity index (χ4v) is 4.30. The standard InChI is InChI=1S/C25H18N2O3S/c28-23(27-20-9-6-17(7-10-20)24-26-12-13-31-24)18-8-11-21-19(14-18)15-22(30-25(21)29)16-4-2-1-3-5-16/h1-14,22H,15H2,(H,27,28)/t22-/m1/s1. The summed E-state index contributed by atoms with van der Waals surface area (Å²) < 4.78 is 5.59. The van der Waals surface area contributed by atoms with E-state index >= 15 is 0 Å². The van der Waals surface area contributed by atoms with Gasteiger partial charge in [0, 0.05) is 34.8 Å². The molecule has 1 aliphatic heterocycles. The number of cyclic esters (lactones) is 1. The van der Waals surface area contributed by atoms with Crippen molar-refractivity contribution in [2.24, 2.45) is 0 Å². The summed E-state index contributed by atoms with van der Waals surface area (Å²) in [6.45, 7) is 0. The van der Waals surface area contributed by atoms with Crippen LogP contribution in [0.15, 0.2) is 84.4 Å². The first-order chi connectivity index (χ1) is 15.2. The van der Waals surface area contributed by atoms with Gasteiger partial charge in [0.1, 0.15) is 11.1 Å². The third-order valence-electron chi connectivity index (χ3n) is 5.24. The second kappa shape index (κ2) is 8.16. The number of carbonyl (C=O) groups excluding carboxylic acids is 2. The minimum absolute atomic E-state index is 0.222. The Kier molecular flexibility index (Phi) is 5.06. The zero-order valence-electron chi connectivity index (χ0n) is 16.4. The molecule has 1 atom stereocenters. The Balaban J connectivity index is 1.34. The van der Waals surface area contributed by atoms with Crippen LogP contribution in [0.5, 0.6) is 0 Å². The highest BCUT2D eigenvalue weighted by Crippen LogP contribution is 2.31. The first-order valence-electron chi connectivity index (χ1n) is 9.87. The van der Waals surface area contributed by atoms with Crippen LogP contribution in [0.3, 0.4) is 0 Å². The minimum atomic E-state index is -0.361. The lowest BCUT2D eigenvalue weighted by atomic mass is 9.93. The Morgan fingerprint density at radius 3 is 2.58 bits per heavy atom. The van der Waals surface area contributed by atoms with Gasteiger partial charge < -0.3 is 10.1 Å². The maximum atomic E-state index is 12.8. The molecule has 4 aromatic rings. The molecule has 0 fully saturated rings. The molecule has 1 amide bonds. The molecule has 152 valence electrons. The summed E-state index contributed by atoms with van der Waals surface area (Å²) in [6.07, 6.45) is 1.96. The van der Waals surface area contributed by atoms with Crippen molar-refractivity contribution < 1.29 is 14.3 Å². The molecule has 0 spiro atoms. The second-order valence-electron chi connectivity index (χ2n) is 7.25. The van der Waals surface area contributed by atoms with Crippen molar-refractivity contribution in [2.75, 3.05) is 5.32 Å². The largest absolute Gasteiger partial charge is 0.454 e. The monoisotopic (exact) mass is 426 g/mol. The van der Waals surface area contributed by atoms with E-state index in [0.717, 1.165) is 21.7 Å². The maximum absolute atomic E-state index is 12.8. The van der Waals surface area contributed by atoms with E-state index in [2.05, 4.69) is 10.3 Å². The van der Waals surface area contributed by atoms with Crippen LogP contribution in [-0.2, 0) is 11.2 Å². The molecule has 0 unspecified atom stereocenters. The molecule has 1 N–H and O–H groups in total. The fourth-order valence-electron chi connectivity index (χ4n) is 3.66. The Morgan fingerprint density at radius 1 is 1.03 bits per heavy atom. The maximum Gasteiger partial charge on any atom is 0.339 e. The van der Waals surface area contributed by atoms with Gasteiger partial charge in [0.05, 0.1) is 5.56 Å². The molecule has 0 saturated carbocycles. The highest BCUT2D eigenvalue weighted by Gasteiger charge is 2.28. The summed E-state index contributed by atoms with van der Waals surface area (Å²) in [5, 5.41) is 5.79. The lowest BCUT2D eigenvalue weighted by molar-refractivity contribution is 0.0252. The number of benzene rings is 3. The highest BCUT2D eigenvalue weighted by atomic mass is 32.1. The molecule has 0 bridgehead atoms. The molecule has 2 heterocycles. The molecule has 1 aromatic heterocycles. The summed E-state index contributed by atoms with van der Waals surface area (Å²) in [6, 6.07) is 22.3. The van der Waals surface area contributed by atoms with Crippen LogP contribution in [0.4, 0.5) is 5.69 Å². The van der Waals surface area contributed by atoms with Gasteiger partial charge in [-0.05, 0) is 53.6 Å². The summed E-state index contributed by atoms with van der Waals surface area (Å²) in [5.74, 6) is -0.583. The molecule has 1 aliphatic rings. The third kappa shape index (κ3) is 3.98. The van der Waals surface area contributed by atoms with Crippen LogP contribution >= 0.6 is 11.3 Å². The molecular weight excluding hydrogens is 408 g/mol. The Labute approximate surface area is 183 Å². The number of ether oxygens (including phenoxy) is 1. The van der Waals surface area contributed by atoms with Crippen molar-refractivity contribution in [3.8, 4) is 10.6 Å². The van der Waals surface area contributed by atoms with E-state index in [0.29, 0.717) is 23.2 Å². The number of rotatable bonds is 4. The number of aromatic nitrogens is 1. The lowest BCUT2D eigenvalue weighted by Gasteiger charge is -2.25. The number of thiazole rings is 1. The average molecular weight is 426 g/mol. The molecule has 5 nitrogen and oxygen atoms in total. The van der Waals surface area contributed by atoms with Crippen molar-refractivity contribution in [1.29, 1.82) is 0 Å². The second-order valence-corrected chi connectivity index (χ2v) is 8.14. The van der Waals surface area contributed by atoms with Crippen LogP contribution in [0.1, 0.15) is 37.9 Å². The number of nitrogens with one attached hydrogen (secondary N) is 1. The molecular formula is C25H18N2O3S. The summed E-state index contributed by atoms with van der Waals surface area (Å²) >= 11 is 1.57. The van der Waals surface area contributed by atoms with Crippen molar-refractivity contribution in [3.05, 3.63) is 107 Å². The minimum Gasteiger partial charge on any atom is -0.454 e. The number of fused-ring (bicyclic) bond motifs is 1. The number of nitrogens with zero attached hydrogens (tertiary/aromatic N) is 1. The molecule has 31 heavy (non-hydrogen) atoms. The van der Waals surface area contributed by atoms with Crippen molar-refractivity contribution in [2.45, 2.75) is 12.5 Å². The summed E-state index contributed by atoms with van der Waals surface area (Å²) in [5.41, 5.74) is 4.48. The smallest absolute Gasteiger partial charge is 0.339 e. The van der Waals surface area contributed by atoms with Crippen LogP contribution in [0.2, 0.25) is 0 Å². The van der Waals surface area contributed by atoms with Gasteiger partial charge in [0.25, 0.3) is 5.91 Å². The predicted octanol–water partition coefficient (Wildman–Crippen LogP) is 5.52. The van der Waals surface area contributed by atoms with E-state index in [-0.39, 0.29) is 18.0 Å². The number of hydrogen-bond donors (Lipinski definition) is 1. The SMILES string of the molecule is O=C(Nc1ccc(-c2nccs2)cc1)c1ccc2c(c1)C[C@H](c1ccccc1)OC2=O. The number of anilines is 1. The third-order valence-corrected chi connectivity index (χ3v) is 6.06. The topological polar surface area (TPSA) is 68.3 Å². The van der Waals surface area contributed by atoms with Gasteiger partial charge in [-0.25, -0.2) is 9.78 Å². The van der Waals surface area contributed by atoms with Gasteiger partial charge >= 0.3 is 5.97 Å². The number of esters is 1. The zero-order chi connectivity index (χ0) is 21.2. The Bertz CT molecular complexity index is 1240. The number of amides is 1.